The molecule has 3 rings (SSSR count). The van der Waals surface area contributed by atoms with Crippen molar-refractivity contribution in [2.75, 3.05) is 19.6 Å². The summed E-state index contributed by atoms with van der Waals surface area (Å²) in [5.74, 6) is 0.240. The Balaban J connectivity index is 1.32. The van der Waals surface area contributed by atoms with E-state index >= 15 is 0 Å². The highest BCUT2D eigenvalue weighted by molar-refractivity contribution is 5.79. The zero-order valence-corrected chi connectivity index (χ0v) is 14.0. The van der Waals surface area contributed by atoms with Crippen molar-refractivity contribution in [3.05, 3.63) is 11.6 Å². The third kappa shape index (κ3) is 4.98. The fourth-order valence-electron chi connectivity index (χ4n) is 3.46. The number of nitrogens with zero attached hydrogens (tertiary/aromatic N) is 1. The van der Waals surface area contributed by atoms with E-state index in [0.29, 0.717) is 19.1 Å². The van der Waals surface area contributed by atoms with Crippen molar-refractivity contribution in [1.82, 2.24) is 15.5 Å². The molecular formula is C18H29N3O2. The molecule has 0 atom stereocenters. The van der Waals surface area contributed by atoms with Gasteiger partial charge < -0.3 is 15.5 Å². The molecule has 0 aromatic rings. The summed E-state index contributed by atoms with van der Waals surface area (Å²) in [4.78, 5) is 26.1. The van der Waals surface area contributed by atoms with Gasteiger partial charge in [-0.25, -0.2) is 4.79 Å². The molecule has 2 aliphatic carbocycles. The van der Waals surface area contributed by atoms with Gasteiger partial charge in [-0.2, -0.15) is 0 Å². The predicted molar refractivity (Wildman–Crippen MR) is 90.0 cm³/mol. The van der Waals surface area contributed by atoms with Crippen molar-refractivity contribution in [3.8, 4) is 0 Å². The molecule has 1 aliphatic heterocycles. The second-order valence-electron chi connectivity index (χ2n) is 7.13. The van der Waals surface area contributed by atoms with E-state index in [0.717, 1.165) is 38.6 Å². The van der Waals surface area contributed by atoms with E-state index < -0.39 is 0 Å². The number of nitrogens with one attached hydrogen (secondary N) is 2. The van der Waals surface area contributed by atoms with E-state index in [9.17, 15) is 9.59 Å². The van der Waals surface area contributed by atoms with Crippen molar-refractivity contribution in [3.63, 3.8) is 0 Å². The smallest absolute Gasteiger partial charge is 0.317 e. The lowest BCUT2D eigenvalue weighted by Gasteiger charge is -2.31. The van der Waals surface area contributed by atoms with Gasteiger partial charge in [0.1, 0.15) is 0 Å². The summed E-state index contributed by atoms with van der Waals surface area (Å²) in [5.41, 5.74) is 1.50. The molecule has 3 aliphatic rings. The van der Waals surface area contributed by atoms with Crippen LogP contribution in [0.4, 0.5) is 4.79 Å². The molecule has 2 N–H and O–H groups in total. The van der Waals surface area contributed by atoms with Gasteiger partial charge in [-0.1, -0.05) is 11.6 Å². The van der Waals surface area contributed by atoms with Crippen molar-refractivity contribution in [2.45, 2.75) is 63.8 Å². The predicted octanol–water partition coefficient (Wildman–Crippen LogP) is 2.58. The summed E-state index contributed by atoms with van der Waals surface area (Å²) in [5, 5.41) is 6.11. The molecule has 5 nitrogen and oxygen atoms in total. The molecule has 0 spiro atoms. The van der Waals surface area contributed by atoms with Gasteiger partial charge in [-0.3, -0.25) is 4.79 Å². The average Bonchev–Trinajstić information content (AvgIpc) is 3.40. The molecule has 2 fully saturated rings. The van der Waals surface area contributed by atoms with Crippen LogP contribution in [0.5, 0.6) is 0 Å². The molecule has 23 heavy (non-hydrogen) atoms. The molecule has 0 radical (unpaired) electrons. The zero-order chi connectivity index (χ0) is 16.1. The van der Waals surface area contributed by atoms with Gasteiger partial charge in [0, 0.05) is 31.6 Å². The Bertz CT molecular complexity index is 463. The summed E-state index contributed by atoms with van der Waals surface area (Å²) in [7, 11) is 0. The number of hydrogen-bond donors (Lipinski definition) is 2. The van der Waals surface area contributed by atoms with Gasteiger partial charge in [0.15, 0.2) is 0 Å². The highest BCUT2D eigenvalue weighted by Gasteiger charge is 2.30. The van der Waals surface area contributed by atoms with Crippen LogP contribution in [0.15, 0.2) is 11.6 Å². The standard InChI is InChI=1S/C18H29N3O2/c22-17(19-11-8-14-4-2-1-3-5-14)15-9-12-21(13-10-15)18(23)20-16-6-7-16/h4,15-16H,1-3,5-13H2,(H,19,22)(H,20,23). The van der Waals surface area contributed by atoms with Gasteiger partial charge in [0.25, 0.3) is 0 Å². The fraction of sp³-hybridized carbons (Fsp3) is 0.778. The summed E-state index contributed by atoms with van der Waals surface area (Å²) in [6.07, 6.45) is 12.1. The number of rotatable bonds is 5. The topological polar surface area (TPSA) is 61.4 Å². The summed E-state index contributed by atoms with van der Waals surface area (Å²) < 4.78 is 0. The fourth-order valence-corrected chi connectivity index (χ4v) is 3.46. The lowest BCUT2D eigenvalue weighted by Crippen LogP contribution is -2.47. The number of likely N-dealkylation sites (tertiary alicyclic amines) is 1. The number of amides is 3. The third-order valence-electron chi connectivity index (χ3n) is 5.19. The molecule has 0 aromatic carbocycles. The number of hydrogen-bond acceptors (Lipinski definition) is 2. The van der Waals surface area contributed by atoms with Crippen LogP contribution in [0.1, 0.15) is 57.8 Å². The van der Waals surface area contributed by atoms with Crippen LogP contribution >= 0.6 is 0 Å². The molecule has 0 aromatic heterocycles. The van der Waals surface area contributed by atoms with Gasteiger partial charge in [0.2, 0.25) is 5.91 Å². The molecule has 0 bridgehead atoms. The number of carbonyl (C=O) groups is 2. The normalized spacial score (nSPS) is 22.4. The van der Waals surface area contributed by atoms with Crippen molar-refractivity contribution in [1.29, 1.82) is 0 Å². The minimum atomic E-state index is 0.0515. The molecule has 128 valence electrons. The lowest BCUT2D eigenvalue weighted by atomic mass is 9.95. The first kappa shape index (κ1) is 16.3. The molecule has 1 heterocycles. The van der Waals surface area contributed by atoms with Gasteiger partial charge in [-0.15, -0.1) is 0 Å². The highest BCUT2D eigenvalue weighted by atomic mass is 16.2. The Kier molecular flexibility index (Phi) is 5.57. The maximum absolute atomic E-state index is 12.3. The van der Waals surface area contributed by atoms with Crippen LogP contribution < -0.4 is 10.6 Å². The van der Waals surface area contributed by atoms with Crippen LogP contribution in [0.25, 0.3) is 0 Å². The number of carbonyl (C=O) groups excluding carboxylic acids is 2. The first-order valence-electron chi connectivity index (χ1n) is 9.23. The molecule has 3 amide bonds. The average molecular weight is 319 g/mol. The van der Waals surface area contributed by atoms with Crippen LogP contribution in [0.3, 0.4) is 0 Å². The third-order valence-corrected chi connectivity index (χ3v) is 5.19. The van der Waals surface area contributed by atoms with E-state index in [1.807, 2.05) is 4.90 Å². The van der Waals surface area contributed by atoms with Crippen molar-refractivity contribution < 1.29 is 9.59 Å². The second-order valence-corrected chi connectivity index (χ2v) is 7.13. The SMILES string of the molecule is O=C(NCCC1=CCCCC1)C1CCN(C(=O)NC2CC2)CC1. The Hall–Kier alpha value is -1.52. The summed E-state index contributed by atoms with van der Waals surface area (Å²) in [6.45, 7) is 2.15. The van der Waals surface area contributed by atoms with Crippen molar-refractivity contribution >= 4 is 11.9 Å². The molecule has 5 heteroatoms. The van der Waals surface area contributed by atoms with Crippen LogP contribution in [-0.2, 0) is 4.79 Å². The van der Waals surface area contributed by atoms with E-state index in [4.69, 9.17) is 0 Å². The summed E-state index contributed by atoms with van der Waals surface area (Å²) >= 11 is 0. The molecule has 1 saturated heterocycles. The Labute approximate surface area is 138 Å². The van der Waals surface area contributed by atoms with Gasteiger partial charge >= 0.3 is 6.03 Å². The molecular weight excluding hydrogens is 290 g/mol. The largest absolute Gasteiger partial charge is 0.356 e. The second kappa shape index (κ2) is 7.84. The van der Waals surface area contributed by atoms with Crippen LogP contribution in [0, 0.1) is 5.92 Å². The van der Waals surface area contributed by atoms with E-state index in [1.165, 1.54) is 31.3 Å². The van der Waals surface area contributed by atoms with E-state index in [-0.39, 0.29) is 17.9 Å². The number of allylic oxidation sites excluding steroid dienone is 1. The van der Waals surface area contributed by atoms with E-state index in [2.05, 4.69) is 16.7 Å². The minimum absolute atomic E-state index is 0.0515. The maximum Gasteiger partial charge on any atom is 0.317 e. The van der Waals surface area contributed by atoms with Gasteiger partial charge in [0.05, 0.1) is 0 Å². The monoisotopic (exact) mass is 319 g/mol. The summed E-state index contributed by atoms with van der Waals surface area (Å²) in [6, 6.07) is 0.452. The number of urea groups is 1. The van der Waals surface area contributed by atoms with E-state index in [1.54, 1.807) is 0 Å². The first-order valence-corrected chi connectivity index (χ1v) is 9.23. The van der Waals surface area contributed by atoms with Crippen LogP contribution in [0.2, 0.25) is 0 Å². The Morgan fingerprint density at radius 1 is 1.13 bits per heavy atom. The van der Waals surface area contributed by atoms with Crippen LogP contribution in [-0.4, -0.2) is 42.5 Å². The molecule has 1 saturated carbocycles. The van der Waals surface area contributed by atoms with Gasteiger partial charge in [-0.05, 0) is 57.8 Å². The maximum atomic E-state index is 12.3. The van der Waals surface area contributed by atoms with Crippen molar-refractivity contribution in [2.24, 2.45) is 5.92 Å². The molecule has 0 unspecified atom stereocenters. The number of piperidine rings is 1. The zero-order valence-electron chi connectivity index (χ0n) is 14.0. The minimum Gasteiger partial charge on any atom is -0.356 e. The first-order chi connectivity index (χ1) is 11.2. The quantitative estimate of drug-likeness (QED) is 0.765. The highest BCUT2D eigenvalue weighted by Crippen LogP contribution is 2.22. The Morgan fingerprint density at radius 2 is 1.91 bits per heavy atom. The Morgan fingerprint density at radius 3 is 2.57 bits per heavy atom. The lowest BCUT2D eigenvalue weighted by molar-refractivity contribution is -0.126.